The van der Waals surface area contributed by atoms with E-state index in [9.17, 15) is 4.79 Å². The Labute approximate surface area is 173 Å². The van der Waals surface area contributed by atoms with Crippen molar-refractivity contribution in [3.8, 4) is 11.5 Å². The third-order valence-electron chi connectivity index (χ3n) is 5.83. The zero-order valence-corrected chi connectivity index (χ0v) is 17.7. The summed E-state index contributed by atoms with van der Waals surface area (Å²) >= 11 is 0. The number of nitrogens with zero attached hydrogens (tertiary/aromatic N) is 1. The summed E-state index contributed by atoms with van der Waals surface area (Å²) < 4.78 is 12.1. The van der Waals surface area contributed by atoms with Crippen LogP contribution in [0.5, 0.6) is 11.5 Å². The summed E-state index contributed by atoms with van der Waals surface area (Å²) in [5.41, 5.74) is 3.71. The number of hydrogen-bond donors (Lipinski definition) is 0. The van der Waals surface area contributed by atoms with Crippen LogP contribution in [0, 0.1) is 6.92 Å². The Morgan fingerprint density at radius 2 is 1.72 bits per heavy atom. The lowest BCUT2D eigenvalue weighted by Gasteiger charge is -2.22. The van der Waals surface area contributed by atoms with Gasteiger partial charge in [0.15, 0.2) is 0 Å². The van der Waals surface area contributed by atoms with Crippen molar-refractivity contribution in [2.75, 3.05) is 18.0 Å². The van der Waals surface area contributed by atoms with E-state index >= 15 is 0 Å². The van der Waals surface area contributed by atoms with Gasteiger partial charge in [0.05, 0.1) is 12.6 Å². The number of benzene rings is 2. The molecule has 0 aromatic heterocycles. The Morgan fingerprint density at radius 1 is 1.03 bits per heavy atom. The van der Waals surface area contributed by atoms with E-state index in [2.05, 4.69) is 49.1 Å². The molecule has 1 heterocycles. The van der Waals surface area contributed by atoms with Crippen molar-refractivity contribution < 1.29 is 14.3 Å². The predicted octanol–water partition coefficient (Wildman–Crippen LogP) is 5.28. The summed E-state index contributed by atoms with van der Waals surface area (Å²) in [6.07, 6.45) is 4.59. The first kappa shape index (κ1) is 19.8. The van der Waals surface area contributed by atoms with Crippen LogP contribution in [0.3, 0.4) is 0 Å². The van der Waals surface area contributed by atoms with Gasteiger partial charge in [-0.3, -0.25) is 0 Å². The summed E-state index contributed by atoms with van der Waals surface area (Å²) in [7, 11) is 0. The zero-order valence-electron chi connectivity index (χ0n) is 17.7. The molecule has 2 aliphatic rings. The maximum absolute atomic E-state index is 11.3. The van der Waals surface area contributed by atoms with Gasteiger partial charge in [-0.2, -0.15) is 0 Å². The minimum Gasteiger partial charge on any atom is -0.490 e. The molecule has 1 saturated carbocycles. The van der Waals surface area contributed by atoms with Crippen LogP contribution in [0.1, 0.15) is 56.6 Å². The second-order valence-electron chi connectivity index (χ2n) is 8.62. The number of Topliss-reactive ketones (excluding diaryl/α,β-unsaturated/α-hetero) is 1. The molecule has 0 spiro atoms. The van der Waals surface area contributed by atoms with E-state index in [-0.39, 0.29) is 17.8 Å². The van der Waals surface area contributed by atoms with E-state index in [1.54, 1.807) is 6.92 Å². The van der Waals surface area contributed by atoms with Gasteiger partial charge in [0.1, 0.15) is 23.4 Å². The van der Waals surface area contributed by atoms with E-state index < -0.39 is 0 Å². The van der Waals surface area contributed by atoms with Crippen LogP contribution in [-0.4, -0.2) is 31.1 Å². The van der Waals surface area contributed by atoms with E-state index in [0.717, 1.165) is 31.0 Å². The van der Waals surface area contributed by atoms with Gasteiger partial charge in [0, 0.05) is 25.1 Å². The molecule has 154 valence electrons. The van der Waals surface area contributed by atoms with Crippen molar-refractivity contribution in [1.29, 1.82) is 0 Å². The van der Waals surface area contributed by atoms with Crippen LogP contribution in [-0.2, 0) is 4.79 Å². The molecule has 1 saturated heterocycles. The van der Waals surface area contributed by atoms with E-state index in [0.29, 0.717) is 12.5 Å². The number of carbonyl (C=O) groups is 1. The van der Waals surface area contributed by atoms with Gasteiger partial charge in [-0.1, -0.05) is 19.1 Å². The highest BCUT2D eigenvalue weighted by Crippen LogP contribution is 2.32. The number of ether oxygens (including phenoxy) is 2. The lowest BCUT2D eigenvalue weighted by Crippen LogP contribution is -2.25. The quantitative estimate of drug-likeness (QED) is 0.612. The molecule has 1 aliphatic heterocycles. The second-order valence-corrected chi connectivity index (χ2v) is 8.62. The summed E-state index contributed by atoms with van der Waals surface area (Å²) in [4.78, 5) is 13.7. The molecule has 2 aromatic rings. The van der Waals surface area contributed by atoms with Crippen LogP contribution < -0.4 is 14.4 Å². The Kier molecular flexibility index (Phi) is 5.79. The normalized spacial score (nSPS) is 19.8. The van der Waals surface area contributed by atoms with E-state index in [4.69, 9.17) is 9.47 Å². The Bertz CT molecular complexity index is 857. The fourth-order valence-corrected chi connectivity index (χ4v) is 4.09. The number of carbonyl (C=O) groups excluding carboxylic acids is 1. The molecule has 0 amide bonds. The predicted molar refractivity (Wildman–Crippen MR) is 116 cm³/mol. The van der Waals surface area contributed by atoms with E-state index in [1.165, 1.54) is 29.7 Å². The molecular formula is C25H31NO3. The van der Waals surface area contributed by atoms with Crippen molar-refractivity contribution in [3.63, 3.8) is 0 Å². The molecule has 4 heteroatoms. The first-order chi connectivity index (χ1) is 14.0. The van der Waals surface area contributed by atoms with Gasteiger partial charge in [-0.15, -0.1) is 0 Å². The third kappa shape index (κ3) is 5.11. The fourth-order valence-electron chi connectivity index (χ4n) is 4.09. The van der Waals surface area contributed by atoms with Gasteiger partial charge in [-0.05, 0) is 74.1 Å². The maximum Gasteiger partial charge on any atom is 0.130 e. The molecule has 29 heavy (non-hydrogen) atoms. The number of anilines is 1. The van der Waals surface area contributed by atoms with Crippen LogP contribution >= 0.6 is 0 Å². The summed E-state index contributed by atoms with van der Waals surface area (Å²) in [5.74, 6) is 2.37. The topological polar surface area (TPSA) is 38.8 Å². The highest BCUT2D eigenvalue weighted by molar-refractivity contribution is 5.76. The minimum absolute atomic E-state index is 0.192. The number of hydrogen-bond acceptors (Lipinski definition) is 4. The van der Waals surface area contributed by atoms with Gasteiger partial charge in [0.2, 0.25) is 0 Å². The largest absolute Gasteiger partial charge is 0.490 e. The first-order valence-electron chi connectivity index (χ1n) is 10.8. The van der Waals surface area contributed by atoms with Crippen molar-refractivity contribution in [2.24, 2.45) is 0 Å². The lowest BCUT2D eigenvalue weighted by atomic mass is 9.96. The van der Waals surface area contributed by atoms with Crippen molar-refractivity contribution >= 4 is 11.5 Å². The molecule has 0 bridgehead atoms. The summed E-state index contributed by atoms with van der Waals surface area (Å²) in [5, 5.41) is 0. The molecular weight excluding hydrogens is 362 g/mol. The molecule has 0 radical (unpaired) electrons. The van der Waals surface area contributed by atoms with Crippen LogP contribution in [0.4, 0.5) is 5.69 Å². The van der Waals surface area contributed by atoms with Gasteiger partial charge in [0.25, 0.3) is 0 Å². The molecule has 4 nitrogen and oxygen atoms in total. The smallest absolute Gasteiger partial charge is 0.130 e. The van der Waals surface area contributed by atoms with Gasteiger partial charge in [-0.25, -0.2) is 0 Å². The van der Waals surface area contributed by atoms with Crippen LogP contribution in [0.2, 0.25) is 0 Å². The third-order valence-corrected chi connectivity index (χ3v) is 5.83. The summed E-state index contributed by atoms with van der Waals surface area (Å²) in [6, 6.07) is 14.7. The molecule has 0 unspecified atom stereocenters. The zero-order chi connectivity index (χ0) is 20.4. The van der Waals surface area contributed by atoms with Crippen molar-refractivity contribution in [2.45, 2.75) is 64.6 Å². The molecule has 2 fully saturated rings. The number of rotatable bonds is 8. The standard InChI is InChI=1S/C25H31NO3/c1-17(14-19(3)27)20-4-6-21(7-5-20)29-24-12-13-26(16-24)25-11-10-23(15-18(25)2)28-22-8-9-22/h4-7,10-11,15,17,22,24H,8-9,12-14,16H2,1-3H3/t17-,24+/m1/s1. The van der Waals surface area contributed by atoms with Crippen LogP contribution in [0.25, 0.3) is 0 Å². The molecule has 2 aromatic carbocycles. The average Bonchev–Trinajstić information content (AvgIpc) is 3.38. The molecule has 0 N–H and O–H groups in total. The maximum atomic E-state index is 11.3. The Hall–Kier alpha value is -2.49. The highest BCUT2D eigenvalue weighted by Gasteiger charge is 2.26. The minimum atomic E-state index is 0.192. The molecule has 4 rings (SSSR count). The monoisotopic (exact) mass is 393 g/mol. The summed E-state index contributed by atoms with van der Waals surface area (Å²) in [6.45, 7) is 7.79. The van der Waals surface area contributed by atoms with Crippen molar-refractivity contribution in [3.05, 3.63) is 53.6 Å². The Balaban J connectivity index is 1.33. The van der Waals surface area contributed by atoms with Gasteiger partial charge < -0.3 is 19.2 Å². The Morgan fingerprint density at radius 3 is 2.38 bits per heavy atom. The van der Waals surface area contributed by atoms with Crippen molar-refractivity contribution in [1.82, 2.24) is 0 Å². The lowest BCUT2D eigenvalue weighted by molar-refractivity contribution is -0.117. The molecule has 1 aliphatic carbocycles. The average molecular weight is 394 g/mol. The number of aryl methyl sites for hydroxylation is 1. The SMILES string of the molecule is CC(=O)C[C@@H](C)c1ccc(O[C@H]2CCN(c3ccc(OC4CC4)cc3C)C2)cc1. The second kappa shape index (κ2) is 8.48. The fraction of sp³-hybridized carbons (Fsp3) is 0.480. The first-order valence-corrected chi connectivity index (χ1v) is 10.8. The van der Waals surface area contributed by atoms with Gasteiger partial charge >= 0.3 is 0 Å². The van der Waals surface area contributed by atoms with E-state index in [1.807, 2.05) is 12.1 Å². The van der Waals surface area contributed by atoms with Crippen LogP contribution in [0.15, 0.2) is 42.5 Å². The number of ketones is 1. The highest BCUT2D eigenvalue weighted by atomic mass is 16.5. The molecule has 2 atom stereocenters.